The molecule has 0 atom stereocenters. The maximum atomic E-state index is 5.95. The van der Waals surface area contributed by atoms with Crippen LogP contribution in [-0.4, -0.2) is 57.4 Å². The zero-order valence-electron chi connectivity index (χ0n) is 17.1. The van der Waals surface area contributed by atoms with Crippen LogP contribution < -0.4 is 5.32 Å². The molecule has 1 aromatic rings. The molecule has 0 unspecified atom stereocenters. The molecule has 146 valence electrons. The quantitative estimate of drug-likeness (QED) is 0.460. The van der Waals surface area contributed by atoms with Gasteiger partial charge in [0.2, 0.25) is 0 Å². The summed E-state index contributed by atoms with van der Waals surface area (Å²) in [5, 5.41) is 3.55. The molecule has 1 aromatic carbocycles. The molecule has 1 heterocycles. The van der Waals surface area contributed by atoms with E-state index in [4.69, 9.17) is 9.47 Å². The number of hydrogen-bond acceptors (Lipinski definition) is 3. The van der Waals surface area contributed by atoms with Crippen molar-refractivity contribution in [3.63, 3.8) is 0 Å². The Morgan fingerprint density at radius 3 is 2.38 bits per heavy atom. The SMILES string of the molecule is CN=C(NCc1c(C)cc(C)cc1C)N1CCC(OCCCOC)CC1. The molecule has 26 heavy (non-hydrogen) atoms. The van der Waals surface area contributed by atoms with Crippen LogP contribution in [0.2, 0.25) is 0 Å². The topological polar surface area (TPSA) is 46.1 Å². The summed E-state index contributed by atoms with van der Waals surface area (Å²) >= 11 is 0. The van der Waals surface area contributed by atoms with Crippen molar-refractivity contribution in [1.29, 1.82) is 0 Å². The number of likely N-dealkylation sites (tertiary alicyclic amines) is 1. The lowest BCUT2D eigenvalue weighted by Crippen LogP contribution is -2.46. The van der Waals surface area contributed by atoms with Gasteiger partial charge in [0.15, 0.2) is 5.96 Å². The van der Waals surface area contributed by atoms with Crippen molar-refractivity contribution in [2.24, 2.45) is 4.99 Å². The molecule has 0 amide bonds. The van der Waals surface area contributed by atoms with E-state index < -0.39 is 0 Å². The Balaban J connectivity index is 1.81. The minimum absolute atomic E-state index is 0.364. The van der Waals surface area contributed by atoms with E-state index >= 15 is 0 Å². The first-order chi connectivity index (χ1) is 12.5. The van der Waals surface area contributed by atoms with Crippen molar-refractivity contribution in [2.45, 2.75) is 52.7 Å². The molecule has 2 rings (SSSR count). The number of hydrogen-bond donors (Lipinski definition) is 1. The molecule has 0 bridgehead atoms. The summed E-state index contributed by atoms with van der Waals surface area (Å²) in [5.41, 5.74) is 5.37. The molecule has 1 aliphatic rings. The summed E-state index contributed by atoms with van der Waals surface area (Å²) < 4.78 is 11.0. The van der Waals surface area contributed by atoms with Crippen molar-refractivity contribution in [2.75, 3.05) is 40.5 Å². The van der Waals surface area contributed by atoms with Gasteiger partial charge in [-0.25, -0.2) is 0 Å². The minimum atomic E-state index is 0.364. The van der Waals surface area contributed by atoms with Crippen molar-refractivity contribution >= 4 is 5.96 Å². The average Bonchev–Trinajstić information content (AvgIpc) is 2.62. The van der Waals surface area contributed by atoms with Gasteiger partial charge >= 0.3 is 0 Å². The van der Waals surface area contributed by atoms with Crippen molar-refractivity contribution < 1.29 is 9.47 Å². The second-order valence-electron chi connectivity index (χ2n) is 7.18. The summed E-state index contributed by atoms with van der Waals surface area (Å²) in [5.74, 6) is 0.988. The third kappa shape index (κ3) is 5.99. The Kier molecular flexibility index (Phi) is 8.39. The largest absolute Gasteiger partial charge is 0.385 e. The molecule has 1 aliphatic heterocycles. The lowest BCUT2D eigenvalue weighted by atomic mass is 10.00. The minimum Gasteiger partial charge on any atom is -0.385 e. The summed E-state index contributed by atoms with van der Waals surface area (Å²) in [4.78, 5) is 6.83. The number of rotatable bonds is 7. The number of aryl methyl sites for hydroxylation is 3. The molecule has 0 aliphatic carbocycles. The van der Waals surface area contributed by atoms with Crippen LogP contribution in [-0.2, 0) is 16.0 Å². The molecule has 5 nitrogen and oxygen atoms in total. The van der Waals surface area contributed by atoms with Gasteiger partial charge < -0.3 is 19.7 Å². The number of benzene rings is 1. The van der Waals surface area contributed by atoms with Crippen LogP contribution in [0.5, 0.6) is 0 Å². The highest BCUT2D eigenvalue weighted by Crippen LogP contribution is 2.17. The molecule has 0 saturated carbocycles. The van der Waals surface area contributed by atoms with E-state index in [1.807, 2.05) is 7.05 Å². The van der Waals surface area contributed by atoms with Crippen LogP contribution in [0, 0.1) is 20.8 Å². The number of guanidine groups is 1. The fourth-order valence-corrected chi connectivity index (χ4v) is 3.68. The monoisotopic (exact) mass is 361 g/mol. The normalized spacial score (nSPS) is 16.2. The maximum Gasteiger partial charge on any atom is 0.193 e. The van der Waals surface area contributed by atoms with Crippen LogP contribution in [0.1, 0.15) is 41.5 Å². The third-order valence-electron chi connectivity index (χ3n) is 5.06. The molecule has 0 aromatic heterocycles. The molecular formula is C21H35N3O2. The second kappa shape index (κ2) is 10.5. The highest BCUT2D eigenvalue weighted by molar-refractivity contribution is 5.80. The summed E-state index contributed by atoms with van der Waals surface area (Å²) in [6, 6.07) is 4.50. The van der Waals surface area contributed by atoms with Crippen molar-refractivity contribution in [3.8, 4) is 0 Å². The van der Waals surface area contributed by atoms with Gasteiger partial charge in [-0.3, -0.25) is 4.99 Å². The molecule has 0 radical (unpaired) electrons. The highest BCUT2D eigenvalue weighted by atomic mass is 16.5. The Morgan fingerprint density at radius 2 is 1.81 bits per heavy atom. The first kappa shape index (κ1) is 20.7. The van der Waals surface area contributed by atoms with E-state index in [2.05, 4.69) is 48.1 Å². The number of ether oxygens (including phenoxy) is 2. The van der Waals surface area contributed by atoms with Gasteiger partial charge in [0, 0.05) is 47.0 Å². The lowest BCUT2D eigenvalue weighted by Gasteiger charge is -2.34. The number of aliphatic imine (C=N–C) groups is 1. The molecule has 1 saturated heterocycles. The van der Waals surface area contributed by atoms with Gasteiger partial charge in [-0.1, -0.05) is 17.7 Å². The zero-order chi connectivity index (χ0) is 18.9. The van der Waals surface area contributed by atoms with Crippen molar-refractivity contribution in [3.05, 3.63) is 34.4 Å². The Hall–Kier alpha value is -1.59. The molecule has 0 spiro atoms. The first-order valence-corrected chi connectivity index (χ1v) is 9.68. The summed E-state index contributed by atoms with van der Waals surface area (Å²) in [7, 11) is 3.60. The standard InChI is InChI=1S/C21H35N3O2/c1-16-13-17(2)20(18(3)14-16)15-23-21(22-4)24-9-7-19(8-10-24)26-12-6-11-25-5/h13-14,19H,6-12,15H2,1-5H3,(H,22,23). The molecule has 1 fully saturated rings. The lowest BCUT2D eigenvalue weighted by molar-refractivity contribution is 0.00990. The maximum absolute atomic E-state index is 5.95. The second-order valence-corrected chi connectivity index (χ2v) is 7.18. The Bertz CT molecular complexity index is 570. The fourth-order valence-electron chi connectivity index (χ4n) is 3.68. The number of nitrogens with one attached hydrogen (secondary N) is 1. The van der Waals surface area contributed by atoms with Gasteiger partial charge in [0.05, 0.1) is 6.10 Å². The predicted octanol–water partition coefficient (Wildman–Crippen LogP) is 3.20. The zero-order valence-corrected chi connectivity index (χ0v) is 17.1. The first-order valence-electron chi connectivity index (χ1n) is 9.68. The Morgan fingerprint density at radius 1 is 1.15 bits per heavy atom. The molecular weight excluding hydrogens is 326 g/mol. The van der Waals surface area contributed by atoms with Gasteiger partial charge in [-0.05, 0) is 56.7 Å². The fraction of sp³-hybridized carbons (Fsp3) is 0.667. The van der Waals surface area contributed by atoms with Crippen LogP contribution in [0.4, 0.5) is 0 Å². The van der Waals surface area contributed by atoms with E-state index in [0.717, 1.165) is 58.1 Å². The third-order valence-corrected chi connectivity index (χ3v) is 5.06. The van der Waals surface area contributed by atoms with Gasteiger partial charge in [0.25, 0.3) is 0 Å². The van der Waals surface area contributed by atoms with Crippen LogP contribution >= 0.6 is 0 Å². The number of piperidine rings is 1. The number of nitrogens with zero attached hydrogens (tertiary/aromatic N) is 2. The van der Waals surface area contributed by atoms with Gasteiger partial charge in [-0.15, -0.1) is 0 Å². The predicted molar refractivity (Wildman–Crippen MR) is 108 cm³/mol. The van der Waals surface area contributed by atoms with Crippen LogP contribution in [0.25, 0.3) is 0 Å². The van der Waals surface area contributed by atoms with E-state index in [1.165, 1.54) is 22.3 Å². The Labute approximate surface area is 158 Å². The average molecular weight is 362 g/mol. The van der Waals surface area contributed by atoms with Gasteiger partial charge in [0.1, 0.15) is 0 Å². The van der Waals surface area contributed by atoms with E-state index in [0.29, 0.717) is 6.10 Å². The molecule has 5 heteroatoms. The van der Waals surface area contributed by atoms with E-state index in [9.17, 15) is 0 Å². The summed E-state index contributed by atoms with van der Waals surface area (Å²) in [6.07, 6.45) is 3.43. The highest BCUT2D eigenvalue weighted by Gasteiger charge is 2.22. The molecule has 1 N–H and O–H groups in total. The van der Waals surface area contributed by atoms with E-state index in [1.54, 1.807) is 7.11 Å². The van der Waals surface area contributed by atoms with Crippen LogP contribution in [0.3, 0.4) is 0 Å². The van der Waals surface area contributed by atoms with Crippen LogP contribution in [0.15, 0.2) is 17.1 Å². The smallest absolute Gasteiger partial charge is 0.193 e. The van der Waals surface area contributed by atoms with Gasteiger partial charge in [-0.2, -0.15) is 0 Å². The number of methoxy groups -OCH3 is 1. The van der Waals surface area contributed by atoms with E-state index in [-0.39, 0.29) is 0 Å². The van der Waals surface area contributed by atoms with Crippen molar-refractivity contribution in [1.82, 2.24) is 10.2 Å². The summed E-state index contributed by atoms with van der Waals surface area (Å²) in [6.45, 7) is 10.9.